The predicted molar refractivity (Wildman–Crippen MR) is 112 cm³/mol. The number of carbonyl (C=O) groups excluding carboxylic acids is 3. The van der Waals surface area contributed by atoms with Crippen molar-refractivity contribution in [2.24, 2.45) is 11.7 Å². The maximum atomic E-state index is 12.5. The van der Waals surface area contributed by atoms with E-state index in [0.717, 1.165) is 38.6 Å². The molecule has 0 spiro atoms. The summed E-state index contributed by atoms with van der Waals surface area (Å²) in [5.41, 5.74) is 5.23. The summed E-state index contributed by atoms with van der Waals surface area (Å²) in [7, 11) is 0. The van der Waals surface area contributed by atoms with Gasteiger partial charge in [-0.25, -0.2) is 0 Å². The van der Waals surface area contributed by atoms with E-state index in [9.17, 15) is 14.4 Å². The summed E-state index contributed by atoms with van der Waals surface area (Å²) in [6, 6.07) is -0.146. The fraction of sp³-hybridized carbons (Fsp3) is 0.857. The van der Waals surface area contributed by atoms with E-state index in [0.29, 0.717) is 26.1 Å². The van der Waals surface area contributed by atoms with Crippen molar-refractivity contribution in [3.63, 3.8) is 0 Å². The number of nitrogens with two attached hydrogens (primary N) is 1. The lowest BCUT2D eigenvalue weighted by molar-refractivity contribution is -0.144. The first-order valence-corrected chi connectivity index (χ1v) is 11.0. The highest BCUT2D eigenvalue weighted by atomic mass is 16.2. The van der Waals surface area contributed by atoms with E-state index in [-0.39, 0.29) is 36.2 Å². The molecule has 162 valence electrons. The molecule has 7 nitrogen and oxygen atoms in total. The van der Waals surface area contributed by atoms with Gasteiger partial charge in [0, 0.05) is 32.6 Å². The molecule has 28 heavy (non-hydrogen) atoms. The Morgan fingerprint density at radius 2 is 1.71 bits per heavy atom. The lowest BCUT2D eigenvalue weighted by Crippen LogP contribution is -2.57. The maximum absolute atomic E-state index is 12.5. The molecule has 0 aromatic carbocycles. The van der Waals surface area contributed by atoms with Gasteiger partial charge in [0.05, 0.1) is 12.6 Å². The summed E-state index contributed by atoms with van der Waals surface area (Å²) in [5, 5.41) is 3.25. The minimum atomic E-state index is -0.274. The third kappa shape index (κ3) is 8.59. The van der Waals surface area contributed by atoms with Crippen LogP contribution in [0.1, 0.15) is 72.1 Å². The highest BCUT2D eigenvalue weighted by molar-refractivity contribution is 5.88. The molecule has 2 saturated heterocycles. The molecular weight excluding hydrogens is 356 g/mol. The lowest BCUT2D eigenvalue weighted by Gasteiger charge is -2.36. The van der Waals surface area contributed by atoms with Crippen molar-refractivity contribution in [3.05, 3.63) is 0 Å². The van der Waals surface area contributed by atoms with E-state index >= 15 is 0 Å². The monoisotopic (exact) mass is 396 g/mol. The summed E-state index contributed by atoms with van der Waals surface area (Å²) < 4.78 is 0. The molecule has 2 heterocycles. The zero-order chi connectivity index (χ0) is 20.9. The predicted octanol–water partition coefficient (Wildman–Crippen LogP) is 1.90. The Balaban J connectivity index is 0.000000892. The van der Waals surface area contributed by atoms with Crippen LogP contribution in [-0.4, -0.2) is 66.3 Å². The van der Waals surface area contributed by atoms with E-state index in [4.69, 9.17) is 5.73 Å². The largest absolute Gasteiger partial charge is 0.370 e. The summed E-state index contributed by atoms with van der Waals surface area (Å²) in [6.07, 6.45) is 7.56. The Kier molecular flexibility index (Phi) is 11.8. The molecule has 0 aliphatic carbocycles. The van der Waals surface area contributed by atoms with Gasteiger partial charge >= 0.3 is 0 Å². The van der Waals surface area contributed by atoms with Crippen LogP contribution in [-0.2, 0) is 14.4 Å². The second-order valence-corrected chi connectivity index (χ2v) is 7.90. The van der Waals surface area contributed by atoms with Crippen LogP contribution in [0.3, 0.4) is 0 Å². The van der Waals surface area contributed by atoms with Gasteiger partial charge in [0.2, 0.25) is 17.7 Å². The Bertz CT molecular complexity index is 488. The number of unbranched alkanes of at least 4 members (excludes halogenated alkanes) is 2. The molecular formula is C21H40N4O3. The number of likely N-dealkylation sites (tertiary alicyclic amines) is 1. The van der Waals surface area contributed by atoms with Gasteiger partial charge in [-0.15, -0.1) is 0 Å². The third-order valence-electron chi connectivity index (χ3n) is 5.51. The first-order chi connectivity index (χ1) is 13.4. The Morgan fingerprint density at radius 3 is 2.25 bits per heavy atom. The van der Waals surface area contributed by atoms with Crippen LogP contribution in [0.2, 0.25) is 0 Å². The van der Waals surface area contributed by atoms with Gasteiger partial charge in [-0.3, -0.25) is 14.4 Å². The molecule has 0 aromatic heterocycles. The van der Waals surface area contributed by atoms with Crippen LogP contribution in [0.5, 0.6) is 0 Å². The Hall–Kier alpha value is -1.63. The fourth-order valence-corrected chi connectivity index (χ4v) is 3.52. The number of piperidine rings is 1. The molecule has 0 radical (unpaired) electrons. The molecule has 2 fully saturated rings. The molecule has 7 heteroatoms. The fourth-order valence-electron chi connectivity index (χ4n) is 3.52. The number of amides is 3. The molecule has 0 saturated carbocycles. The molecule has 3 N–H and O–H groups in total. The van der Waals surface area contributed by atoms with E-state index < -0.39 is 0 Å². The standard InChI is InChI=1S/C17H30N4O3.C4H10/c1-2-3-4-14-17(24)21(10-7-19-14)12-16(23)20-8-5-13(6-9-20)11-15(18)22;1-3-4-2/h13-14,19H,2-12H2,1H3,(H2,18,22);3-4H2,1-2H3. The number of piperazine rings is 1. The van der Waals surface area contributed by atoms with Crippen molar-refractivity contribution in [3.8, 4) is 0 Å². The molecule has 1 unspecified atom stereocenters. The summed E-state index contributed by atoms with van der Waals surface area (Å²) >= 11 is 0. The average molecular weight is 397 g/mol. The van der Waals surface area contributed by atoms with Crippen LogP contribution in [0, 0.1) is 5.92 Å². The highest BCUT2D eigenvalue weighted by Crippen LogP contribution is 2.20. The van der Waals surface area contributed by atoms with Crippen molar-refractivity contribution in [2.45, 2.75) is 78.2 Å². The smallest absolute Gasteiger partial charge is 0.242 e. The normalized spacial score (nSPS) is 20.5. The minimum Gasteiger partial charge on any atom is -0.370 e. The lowest BCUT2D eigenvalue weighted by atomic mass is 9.93. The molecule has 3 amide bonds. The van der Waals surface area contributed by atoms with Crippen molar-refractivity contribution in [1.82, 2.24) is 15.1 Å². The summed E-state index contributed by atoms with van der Waals surface area (Å²) in [6.45, 7) is 9.27. The van der Waals surface area contributed by atoms with Gasteiger partial charge in [0.1, 0.15) is 0 Å². The Labute approximate surface area is 170 Å². The number of nitrogens with one attached hydrogen (secondary N) is 1. The van der Waals surface area contributed by atoms with Crippen molar-refractivity contribution >= 4 is 17.7 Å². The van der Waals surface area contributed by atoms with Gasteiger partial charge < -0.3 is 20.9 Å². The third-order valence-corrected chi connectivity index (χ3v) is 5.51. The molecule has 2 aliphatic heterocycles. The van der Waals surface area contributed by atoms with Crippen LogP contribution < -0.4 is 11.1 Å². The molecule has 0 aromatic rings. The van der Waals surface area contributed by atoms with Gasteiger partial charge in [-0.2, -0.15) is 0 Å². The number of nitrogens with zero attached hydrogens (tertiary/aromatic N) is 2. The topological polar surface area (TPSA) is 95.7 Å². The van der Waals surface area contributed by atoms with Gasteiger partial charge in [0.15, 0.2) is 0 Å². The SMILES string of the molecule is CCCC.CCCCC1NCCN(CC(=O)N2CCC(CC(N)=O)CC2)C1=O. The number of hydrogen-bond donors (Lipinski definition) is 2. The van der Waals surface area contributed by atoms with Crippen molar-refractivity contribution in [1.29, 1.82) is 0 Å². The van der Waals surface area contributed by atoms with E-state index in [2.05, 4.69) is 26.1 Å². The molecule has 2 aliphatic rings. The molecule has 1 atom stereocenters. The van der Waals surface area contributed by atoms with Gasteiger partial charge in [-0.05, 0) is 25.2 Å². The van der Waals surface area contributed by atoms with Crippen LogP contribution in [0.4, 0.5) is 0 Å². The zero-order valence-corrected chi connectivity index (χ0v) is 18.0. The second kappa shape index (κ2) is 13.5. The van der Waals surface area contributed by atoms with E-state index in [1.807, 2.05) is 4.90 Å². The molecule has 2 rings (SSSR count). The van der Waals surface area contributed by atoms with E-state index in [1.165, 1.54) is 12.8 Å². The average Bonchev–Trinajstić information content (AvgIpc) is 2.69. The minimum absolute atomic E-state index is 0.0111. The van der Waals surface area contributed by atoms with Crippen LogP contribution >= 0.6 is 0 Å². The zero-order valence-electron chi connectivity index (χ0n) is 18.0. The number of primary amides is 1. The maximum Gasteiger partial charge on any atom is 0.242 e. The Morgan fingerprint density at radius 1 is 1.07 bits per heavy atom. The first-order valence-electron chi connectivity index (χ1n) is 11.0. The van der Waals surface area contributed by atoms with Crippen molar-refractivity contribution < 1.29 is 14.4 Å². The van der Waals surface area contributed by atoms with Crippen LogP contribution in [0.15, 0.2) is 0 Å². The van der Waals surface area contributed by atoms with Gasteiger partial charge in [0.25, 0.3) is 0 Å². The molecule has 0 bridgehead atoms. The number of rotatable bonds is 8. The summed E-state index contributed by atoms with van der Waals surface area (Å²) in [4.78, 5) is 39.4. The quantitative estimate of drug-likeness (QED) is 0.655. The number of hydrogen-bond acceptors (Lipinski definition) is 4. The summed E-state index contributed by atoms with van der Waals surface area (Å²) in [5.74, 6) is 0.0683. The second-order valence-electron chi connectivity index (χ2n) is 7.90. The number of carbonyl (C=O) groups is 3. The van der Waals surface area contributed by atoms with E-state index in [1.54, 1.807) is 4.90 Å². The van der Waals surface area contributed by atoms with Crippen molar-refractivity contribution in [2.75, 3.05) is 32.7 Å². The first kappa shape index (κ1) is 24.4. The van der Waals surface area contributed by atoms with Gasteiger partial charge in [-0.1, -0.05) is 46.5 Å². The van der Waals surface area contributed by atoms with Crippen LogP contribution in [0.25, 0.3) is 0 Å². The highest BCUT2D eigenvalue weighted by Gasteiger charge is 2.31.